The molecule has 0 aliphatic rings. The van der Waals surface area contributed by atoms with Gasteiger partial charge in [-0.2, -0.15) is 0 Å². The van der Waals surface area contributed by atoms with Gasteiger partial charge in [0.25, 0.3) is 0 Å². The lowest BCUT2D eigenvalue weighted by Gasteiger charge is -2.20. The van der Waals surface area contributed by atoms with Gasteiger partial charge < -0.3 is 18.9 Å². The first kappa shape index (κ1) is 28.3. The Morgan fingerprint density at radius 1 is 0.763 bits per heavy atom. The zero-order valence-corrected chi connectivity index (χ0v) is 22.1. The summed E-state index contributed by atoms with van der Waals surface area (Å²) in [5.41, 5.74) is 1.49. The fraction of sp³-hybridized carbons (Fsp3) is 0.407. The summed E-state index contributed by atoms with van der Waals surface area (Å²) < 4.78 is 22.3. The van der Waals surface area contributed by atoms with Crippen molar-refractivity contribution >= 4 is 34.8 Å². The molecule has 0 spiro atoms. The third-order valence-electron chi connectivity index (χ3n) is 5.69. The van der Waals surface area contributed by atoms with Crippen LogP contribution in [0.2, 0.25) is 0 Å². The van der Waals surface area contributed by atoms with E-state index in [1.807, 2.05) is 6.92 Å². The van der Waals surface area contributed by atoms with E-state index in [1.54, 1.807) is 52.0 Å². The maximum atomic E-state index is 13.1. The smallest absolute Gasteiger partial charge is 0.326 e. The number of rotatable bonds is 11. The molecule has 11 heteroatoms. The van der Waals surface area contributed by atoms with Gasteiger partial charge in [-0.05, 0) is 52.3 Å². The van der Waals surface area contributed by atoms with E-state index in [-0.39, 0.29) is 43.6 Å². The van der Waals surface area contributed by atoms with E-state index >= 15 is 0 Å². The van der Waals surface area contributed by atoms with Crippen molar-refractivity contribution in [3.05, 3.63) is 53.5 Å². The Balaban J connectivity index is 2.46. The molecule has 2 aromatic heterocycles. The Hall–Kier alpha value is -4.28. The number of benzene rings is 1. The van der Waals surface area contributed by atoms with Gasteiger partial charge in [0.1, 0.15) is 0 Å². The van der Waals surface area contributed by atoms with Gasteiger partial charge in [-0.25, -0.2) is 9.97 Å². The van der Waals surface area contributed by atoms with Crippen LogP contribution >= 0.6 is 0 Å². The van der Waals surface area contributed by atoms with Gasteiger partial charge in [-0.3, -0.25) is 23.7 Å². The van der Waals surface area contributed by atoms with Crippen LogP contribution in [0.4, 0.5) is 0 Å². The number of hydrogen-bond acceptors (Lipinski definition) is 10. The number of aromatic nitrogens is 3. The molecule has 3 rings (SSSR count). The van der Waals surface area contributed by atoms with Crippen molar-refractivity contribution in [1.82, 2.24) is 14.5 Å². The van der Waals surface area contributed by atoms with E-state index in [0.717, 1.165) is 5.56 Å². The van der Waals surface area contributed by atoms with Gasteiger partial charge in [-0.15, -0.1) is 0 Å². The van der Waals surface area contributed by atoms with Crippen molar-refractivity contribution in [2.75, 3.05) is 26.4 Å². The quantitative estimate of drug-likeness (QED) is 0.209. The SMILES string of the molecule is CCOC(=O)C(C(=O)OCC)c1ccc(C)c2cc(C(C(=O)OCC)C(=O)OCC)n(-c3ncccn3)c12. The molecule has 0 unspecified atom stereocenters. The Bertz CT molecular complexity index is 1280. The van der Waals surface area contributed by atoms with Crippen molar-refractivity contribution in [2.24, 2.45) is 0 Å². The minimum Gasteiger partial charge on any atom is -0.465 e. The lowest BCUT2D eigenvalue weighted by Crippen LogP contribution is -2.29. The average molecular weight is 526 g/mol. The third-order valence-corrected chi connectivity index (χ3v) is 5.69. The number of carbonyl (C=O) groups is 4. The van der Waals surface area contributed by atoms with E-state index in [4.69, 9.17) is 18.9 Å². The van der Waals surface area contributed by atoms with Gasteiger partial charge in [-0.1, -0.05) is 12.1 Å². The van der Waals surface area contributed by atoms with Crippen LogP contribution in [0.5, 0.6) is 0 Å². The topological polar surface area (TPSA) is 136 Å². The van der Waals surface area contributed by atoms with Crippen molar-refractivity contribution in [3.63, 3.8) is 0 Å². The molecule has 0 aliphatic heterocycles. The summed E-state index contributed by atoms with van der Waals surface area (Å²) >= 11 is 0. The molecule has 0 N–H and O–H groups in total. The molecule has 2 heterocycles. The summed E-state index contributed by atoms with van der Waals surface area (Å²) in [6.07, 6.45) is 2.98. The predicted molar refractivity (Wildman–Crippen MR) is 136 cm³/mol. The zero-order valence-electron chi connectivity index (χ0n) is 22.1. The average Bonchev–Trinajstić information content (AvgIpc) is 3.28. The normalized spacial score (nSPS) is 11.0. The van der Waals surface area contributed by atoms with E-state index in [1.165, 1.54) is 17.0 Å². The van der Waals surface area contributed by atoms with Crippen molar-refractivity contribution in [3.8, 4) is 5.95 Å². The Kier molecular flexibility index (Phi) is 9.53. The lowest BCUT2D eigenvalue weighted by atomic mass is 9.95. The standard InChI is InChI=1S/C27H31N3O8/c1-6-35-23(31)20(24(32)36-7-2)17-12-11-16(5)18-15-19(21(25(33)37-8-3)26(34)38-9-4)30(22(17)18)27-28-13-10-14-29-27/h10-15,20-21H,6-9H2,1-5H3. The molecule has 3 aromatic rings. The molecule has 0 bridgehead atoms. The number of nitrogens with zero attached hydrogens (tertiary/aromatic N) is 3. The molecular formula is C27H31N3O8. The molecule has 0 radical (unpaired) electrons. The molecule has 38 heavy (non-hydrogen) atoms. The highest BCUT2D eigenvalue weighted by atomic mass is 16.6. The highest BCUT2D eigenvalue weighted by Gasteiger charge is 2.39. The summed E-state index contributed by atoms with van der Waals surface area (Å²) in [4.78, 5) is 60.9. The fourth-order valence-electron chi connectivity index (χ4n) is 4.16. The first-order valence-corrected chi connectivity index (χ1v) is 12.4. The molecule has 202 valence electrons. The summed E-state index contributed by atoms with van der Waals surface area (Å²) in [6, 6.07) is 6.57. The first-order chi connectivity index (χ1) is 18.3. The number of ether oxygens (including phenoxy) is 4. The molecule has 11 nitrogen and oxygen atoms in total. The molecule has 0 atom stereocenters. The second-order valence-corrected chi connectivity index (χ2v) is 8.06. The number of carbonyl (C=O) groups excluding carboxylic acids is 4. The van der Waals surface area contributed by atoms with E-state index in [9.17, 15) is 19.2 Å². The largest absolute Gasteiger partial charge is 0.465 e. The Morgan fingerprint density at radius 2 is 1.24 bits per heavy atom. The minimum atomic E-state index is -1.48. The monoisotopic (exact) mass is 525 g/mol. The first-order valence-electron chi connectivity index (χ1n) is 12.4. The fourth-order valence-corrected chi connectivity index (χ4v) is 4.16. The molecule has 1 aromatic carbocycles. The second-order valence-electron chi connectivity index (χ2n) is 8.06. The van der Waals surface area contributed by atoms with Crippen molar-refractivity contribution in [1.29, 1.82) is 0 Å². The molecular weight excluding hydrogens is 494 g/mol. The number of hydrogen-bond donors (Lipinski definition) is 0. The highest BCUT2D eigenvalue weighted by Crippen LogP contribution is 2.37. The van der Waals surface area contributed by atoms with Gasteiger partial charge in [0.15, 0.2) is 11.8 Å². The van der Waals surface area contributed by atoms with Crippen LogP contribution in [-0.2, 0) is 38.1 Å². The molecule has 0 saturated heterocycles. The Morgan fingerprint density at radius 3 is 1.71 bits per heavy atom. The highest BCUT2D eigenvalue weighted by molar-refractivity contribution is 6.07. The molecule has 0 aliphatic carbocycles. The molecule has 0 amide bonds. The summed E-state index contributed by atoms with van der Waals surface area (Å²) in [5.74, 6) is -6.06. The summed E-state index contributed by atoms with van der Waals surface area (Å²) in [5, 5.41) is 0.558. The van der Waals surface area contributed by atoms with Crippen LogP contribution in [-0.4, -0.2) is 64.8 Å². The summed E-state index contributed by atoms with van der Waals surface area (Å²) in [6.45, 7) is 8.50. The van der Waals surface area contributed by atoms with Gasteiger partial charge in [0, 0.05) is 23.3 Å². The van der Waals surface area contributed by atoms with Crippen LogP contribution in [0.15, 0.2) is 36.7 Å². The van der Waals surface area contributed by atoms with Gasteiger partial charge >= 0.3 is 23.9 Å². The van der Waals surface area contributed by atoms with E-state index in [2.05, 4.69) is 9.97 Å². The zero-order chi connectivity index (χ0) is 27.8. The summed E-state index contributed by atoms with van der Waals surface area (Å²) in [7, 11) is 0. The molecule has 0 saturated carbocycles. The maximum Gasteiger partial charge on any atom is 0.326 e. The van der Waals surface area contributed by atoms with Crippen LogP contribution in [0, 0.1) is 6.92 Å². The van der Waals surface area contributed by atoms with Gasteiger partial charge in [0.2, 0.25) is 5.95 Å². The number of fused-ring (bicyclic) bond motifs is 1. The number of aryl methyl sites for hydroxylation is 1. The number of esters is 4. The third kappa shape index (κ3) is 5.66. The Labute approximate surface area is 220 Å². The van der Waals surface area contributed by atoms with Crippen molar-refractivity contribution in [2.45, 2.75) is 46.5 Å². The van der Waals surface area contributed by atoms with Crippen LogP contribution in [0.3, 0.4) is 0 Å². The van der Waals surface area contributed by atoms with E-state index < -0.39 is 35.7 Å². The predicted octanol–water partition coefficient (Wildman–Crippen LogP) is 3.15. The maximum absolute atomic E-state index is 13.1. The minimum absolute atomic E-state index is 0.0366. The van der Waals surface area contributed by atoms with E-state index in [0.29, 0.717) is 10.9 Å². The lowest BCUT2D eigenvalue weighted by molar-refractivity contribution is -0.159. The van der Waals surface area contributed by atoms with Gasteiger partial charge in [0.05, 0.1) is 37.6 Å². The van der Waals surface area contributed by atoms with Crippen LogP contribution in [0.25, 0.3) is 16.9 Å². The van der Waals surface area contributed by atoms with Crippen LogP contribution < -0.4 is 0 Å². The molecule has 0 fully saturated rings. The van der Waals surface area contributed by atoms with Crippen LogP contribution in [0.1, 0.15) is 56.4 Å². The second kappa shape index (κ2) is 12.8. The van der Waals surface area contributed by atoms with Crippen molar-refractivity contribution < 1.29 is 38.1 Å².